The van der Waals surface area contributed by atoms with Gasteiger partial charge in [0.1, 0.15) is 11.5 Å². The van der Waals surface area contributed by atoms with E-state index in [1.54, 1.807) is 14.2 Å². The van der Waals surface area contributed by atoms with E-state index in [1.807, 2.05) is 42.5 Å². The zero-order valence-corrected chi connectivity index (χ0v) is 13.7. The van der Waals surface area contributed by atoms with Crippen molar-refractivity contribution in [2.75, 3.05) is 14.2 Å². The van der Waals surface area contributed by atoms with Gasteiger partial charge in [0.2, 0.25) is 0 Å². The molecule has 0 amide bonds. The molecule has 0 bridgehead atoms. The Morgan fingerprint density at radius 2 is 1.95 bits per heavy atom. The van der Waals surface area contributed by atoms with Crippen LogP contribution in [-0.2, 0) is 6.42 Å². The first-order valence-corrected chi connectivity index (χ1v) is 7.39. The van der Waals surface area contributed by atoms with E-state index in [0.29, 0.717) is 0 Å². The Kier molecular flexibility index (Phi) is 5.61. The highest BCUT2D eigenvalue weighted by atomic mass is 79.9. The van der Waals surface area contributed by atoms with Crippen LogP contribution in [0.1, 0.15) is 17.2 Å². The summed E-state index contributed by atoms with van der Waals surface area (Å²) in [4.78, 5) is 0. The van der Waals surface area contributed by atoms with Gasteiger partial charge in [0.15, 0.2) is 0 Å². The van der Waals surface area contributed by atoms with Crippen LogP contribution in [0.3, 0.4) is 0 Å². The maximum absolute atomic E-state index is 5.71. The zero-order chi connectivity index (χ0) is 15.2. The largest absolute Gasteiger partial charge is 0.497 e. The number of hydrazine groups is 1. The first kappa shape index (κ1) is 15.8. The Morgan fingerprint density at radius 1 is 1.14 bits per heavy atom. The fraction of sp³-hybridized carbons (Fsp3) is 0.250. The second-order valence-electron chi connectivity index (χ2n) is 4.67. The third-order valence-electron chi connectivity index (χ3n) is 3.35. The fourth-order valence-corrected chi connectivity index (χ4v) is 2.79. The van der Waals surface area contributed by atoms with Gasteiger partial charge in [0.05, 0.1) is 24.7 Å². The lowest BCUT2D eigenvalue weighted by molar-refractivity contribution is 0.411. The maximum Gasteiger partial charge on any atom is 0.133 e. The molecule has 0 radical (unpaired) electrons. The Labute approximate surface area is 133 Å². The first-order valence-electron chi connectivity index (χ1n) is 6.60. The molecule has 0 fully saturated rings. The number of benzene rings is 2. The van der Waals surface area contributed by atoms with E-state index in [-0.39, 0.29) is 6.04 Å². The van der Waals surface area contributed by atoms with E-state index < -0.39 is 0 Å². The molecule has 0 spiro atoms. The maximum atomic E-state index is 5.71. The molecule has 2 aromatic carbocycles. The number of nitrogens with one attached hydrogen (secondary N) is 1. The van der Waals surface area contributed by atoms with Gasteiger partial charge in [-0.05, 0) is 57.7 Å². The van der Waals surface area contributed by atoms with Crippen molar-refractivity contribution in [3.8, 4) is 11.5 Å². The summed E-state index contributed by atoms with van der Waals surface area (Å²) in [6.07, 6.45) is 0.770. The van der Waals surface area contributed by atoms with Gasteiger partial charge in [-0.2, -0.15) is 0 Å². The van der Waals surface area contributed by atoms with Gasteiger partial charge < -0.3 is 9.47 Å². The van der Waals surface area contributed by atoms with E-state index in [9.17, 15) is 0 Å². The zero-order valence-electron chi connectivity index (χ0n) is 12.1. The van der Waals surface area contributed by atoms with Gasteiger partial charge in [-0.1, -0.05) is 18.2 Å². The van der Waals surface area contributed by atoms with Crippen molar-refractivity contribution in [1.29, 1.82) is 0 Å². The topological polar surface area (TPSA) is 56.5 Å². The first-order chi connectivity index (χ1) is 10.2. The lowest BCUT2D eigenvalue weighted by Gasteiger charge is -2.17. The smallest absolute Gasteiger partial charge is 0.133 e. The summed E-state index contributed by atoms with van der Waals surface area (Å²) in [5.74, 6) is 7.35. The lowest BCUT2D eigenvalue weighted by Crippen LogP contribution is -2.29. The molecule has 0 aliphatic carbocycles. The summed E-state index contributed by atoms with van der Waals surface area (Å²) in [7, 11) is 3.31. The number of ether oxygens (including phenoxy) is 2. The summed E-state index contributed by atoms with van der Waals surface area (Å²) in [5.41, 5.74) is 5.11. The minimum atomic E-state index is 0.0143. The Morgan fingerprint density at radius 3 is 2.57 bits per heavy atom. The van der Waals surface area contributed by atoms with Crippen molar-refractivity contribution in [3.05, 3.63) is 58.1 Å². The highest BCUT2D eigenvalue weighted by Crippen LogP contribution is 2.28. The molecule has 0 saturated heterocycles. The van der Waals surface area contributed by atoms with Crippen LogP contribution in [0.25, 0.3) is 0 Å². The van der Waals surface area contributed by atoms with Crippen LogP contribution in [0.4, 0.5) is 0 Å². The number of halogens is 1. The molecule has 0 heterocycles. The van der Waals surface area contributed by atoms with Crippen LogP contribution in [0.15, 0.2) is 46.9 Å². The minimum Gasteiger partial charge on any atom is -0.497 e. The lowest BCUT2D eigenvalue weighted by atomic mass is 9.99. The van der Waals surface area contributed by atoms with Crippen molar-refractivity contribution in [1.82, 2.24) is 5.43 Å². The molecule has 5 heteroatoms. The number of nitrogens with two attached hydrogens (primary N) is 1. The van der Waals surface area contributed by atoms with Gasteiger partial charge in [-0.3, -0.25) is 11.3 Å². The van der Waals surface area contributed by atoms with E-state index in [1.165, 1.54) is 0 Å². The molecule has 2 rings (SSSR count). The van der Waals surface area contributed by atoms with Crippen LogP contribution in [-0.4, -0.2) is 14.2 Å². The molecule has 4 nitrogen and oxygen atoms in total. The summed E-state index contributed by atoms with van der Waals surface area (Å²) in [6.45, 7) is 0. The highest BCUT2D eigenvalue weighted by molar-refractivity contribution is 9.10. The fourth-order valence-electron chi connectivity index (χ4n) is 2.20. The van der Waals surface area contributed by atoms with Crippen molar-refractivity contribution in [3.63, 3.8) is 0 Å². The standard InChI is InChI=1S/C16H19BrN2O2/c1-20-13-5-3-4-12(10-13)15(19-18)9-11-6-7-16(21-2)14(17)8-11/h3-8,10,15,19H,9,18H2,1-2H3. The average molecular weight is 351 g/mol. The molecular formula is C16H19BrN2O2. The van der Waals surface area contributed by atoms with Crippen LogP contribution in [0.2, 0.25) is 0 Å². The van der Waals surface area contributed by atoms with Gasteiger partial charge >= 0.3 is 0 Å². The van der Waals surface area contributed by atoms with Gasteiger partial charge in [-0.25, -0.2) is 0 Å². The third kappa shape index (κ3) is 3.97. The third-order valence-corrected chi connectivity index (χ3v) is 3.97. The summed E-state index contributed by atoms with van der Waals surface area (Å²) < 4.78 is 11.4. The van der Waals surface area contributed by atoms with Crippen molar-refractivity contribution in [2.45, 2.75) is 12.5 Å². The Bertz CT molecular complexity index is 605. The molecule has 1 unspecified atom stereocenters. The molecule has 0 aliphatic rings. The highest BCUT2D eigenvalue weighted by Gasteiger charge is 2.12. The van der Waals surface area contributed by atoms with Crippen LogP contribution < -0.4 is 20.7 Å². The van der Waals surface area contributed by atoms with E-state index in [0.717, 1.165) is 33.5 Å². The van der Waals surface area contributed by atoms with Gasteiger partial charge in [0.25, 0.3) is 0 Å². The molecule has 3 N–H and O–H groups in total. The molecule has 112 valence electrons. The van der Waals surface area contributed by atoms with E-state index >= 15 is 0 Å². The Balaban J connectivity index is 2.20. The average Bonchev–Trinajstić information content (AvgIpc) is 2.52. The quantitative estimate of drug-likeness (QED) is 0.620. The van der Waals surface area contributed by atoms with Gasteiger partial charge in [0, 0.05) is 0 Å². The predicted octanol–water partition coefficient (Wildman–Crippen LogP) is 3.21. The number of rotatable bonds is 6. The van der Waals surface area contributed by atoms with Crippen LogP contribution in [0.5, 0.6) is 11.5 Å². The SMILES string of the molecule is COc1cccc(C(Cc2ccc(OC)c(Br)c2)NN)c1. The normalized spacial score (nSPS) is 12.0. The predicted molar refractivity (Wildman–Crippen MR) is 87.5 cm³/mol. The van der Waals surface area contributed by atoms with Gasteiger partial charge in [-0.15, -0.1) is 0 Å². The minimum absolute atomic E-state index is 0.0143. The van der Waals surface area contributed by atoms with Crippen LogP contribution >= 0.6 is 15.9 Å². The second kappa shape index (κ2) is 7.45. The monoisotopic (exact) mass is 350 g/mol. The number of hydrogen-bond acceptors (Lipinski definition) is 4. The number of methoxy groups -OCH3 is 2. The van der Waals surface area contributed by atoms with Crippen molar-refractivity contribution >= 4 is 15.9 Å². The molecule has 0 saturated carbocycles. The molecule has 2 aromatic rings. The molecular weight excluding hydrogens is 332 g/mol. The van der Waals surface area contributed by atoms with E-state index in [2.05, 4.69) is 21.4 Å². The molecule has 21 heavy (non-hydrogen) atoms. The Hall–Kier alpha value is -1.56. The molecule has 0 aliphatic heterocycles. The summed E-state index contributed by atoms with van der Waals surface area (Å²) in [5, 5.41) is 0. The summed E-state index contributed by atoms with van der Waals surface area (Å²) in [6, 6.07) is 13.9. The molecule has 0 aromatic heterocycles. The second-order valence-corrected chi connectivity index (χ2v) is 5.52. The van der Waals surface area contributed by atoms with Crippen LogP contribution in [0, 0.1) is 0 Å². The number of hydrogen-bond donors (Lipinski definition) is 2. The van der Waals surface area contributed by atoms with Crippen molar-refractivity contribution < 1.29 is 9.47 Å². The van der Waals surface area contributed by atoms with E-state index in [4.69, 9.17) is 15.3 Å². The molecule has 1 atom stereocenters. The van der Waals surface area contributed by atoms with Crippen molar-refractivity contribution in [2.24, 2.45) is 5.84 Å². The summed E-state index contributed by atoms with van der Waals surface area (Å²) >= 11 is 3.50.